The van der Waals surface area contributed by atoms with Gasteiger partial charge in [-0.1, -0.05) is 60.7 Å². The molecule has 1 aromatic heterocycles. The SMILES string of the molecule is O=c1cc(-c2ccccc2)oc2cc(O[C@H]3O[C@H](CO)[C@@H](O)[C@H](O)[C@@H]3O)c(OCc3ccccc3)c(O)c12. The lowest BCUT2D eigenvalue weighted by atomic mass is 9.99. The fourth-order valence-corrected chi connectivity index (χ4v) is 4.25. The second kappa shape index (κ2) is 10.8. The fourth-order valence-electron chi connectivity index (χ4n) is 4.25. The van der Waals surface area contributed by atoms with Crippen LogP contribution in [0.1, 0.15) is 5.56 Å². The second-order valence-corrected chi connectivity index (χ2v) is 8.86. The van der Waals surface area contributed by atoms with Crippen LogP contribution in [0, 0.1) is 0 Å². The van der Waals surface area contributed by atoms with Crippen LogP contribution in [0.15, 0.2) is 82.0 Å². The maximum absolute atomic E-state index is 13.1. The van der Waals surface area contributed by atoms with Gasteiger partial charge in [0.15, 0.2) is 16.9 Å². The standard InChI is InChI=1S/C28H26O10/c29-13-21-23(31)25(33)26(34)28(38-21)37-20-12-19-22(17(30)11-18(36-19)16-9-5-2-6-10-16)24(32)27(20)35-14-15-7-3-1-4-8-15/h1-12,21,23,25-26,28-29,31-34H,13-14H2/t21-,23-,25+,26+,28+/m1/s1. The minimum Gasteiger partial charge on any atom is -0.504 e. The molecule has 1 aliphatic heterocycles. The molecule has 0 bridgehead atoms. The Bertz CT molecular complexity index is 1450. The van der Waals surface area contributed by atoms with E-state index in [0.717, 1.165) is 5.56 Å². The van der Waals surface area contributed by atoms with Gasteiger partial charge in [0.1, 0.15) is 47.8 Å². The molecule has 5 atom stereocenters. The van der Waals surface area contributed by atoms with Gasteiger partial charge in [0.05, 0.1) is 6.61 Å². The van der Waals surface area contributed by atoms with E-state index in [-0.39, 0.29) is 34.8 Å². The van der Waals surface area contributed by atoms with E-state index in [2.05, 4.69) is 0 Å². The van der Waals surface area contributed by atoms with Crippen molar-refractivity contribution in [1.29, 1.82) is 0 Å². The number of rotatable bonds is 7. The summed E-state index contributed by atoms with van der Waals surface area (Å²) in [6, 6.07) is 20.5. The Balaban J connectivity index is 1.60. The summed E-state index contributed by atoms with van der Waals surface area (Å²) in [5.41, 5.74) is 0.844. The van der Waals surface area contributed by atoms with Crippen molar-refractivity contribution < 1.29 is 44.2 Å². The summed E-state index contributed by atoms with van der Waals surface area (Å²) < 4.78 is 23.1. The number of benzene rings is 3. The molecule has 1 aliphatic rings. The molecule has 0 aliphatic carbocycles. The molecule has 0 unspecified atom stereocenters. The first-order chi connectivity index (χ1) is 18.4. The van der Waals surface area contributed by atoms with Crippen molar-refractivity contribution in [3.63, 3.8) is 0 Å². The smallest absolute Gasteiger partial charge is 0.229 e. The van der Waals surface area contributed by atoms with Gasteiger partial charge in [0.2, 0.25) is 12.0 Å². The van der Waals surface area contributed by atoms with Crippen LogP contribution in [0.25, 0.3) is 22.3 Å². The Morgan fingerprint density at radius 3 is 2.24 bits per heavy atom. The van der Waals surface area contributed by atoms with E-state index in [1.165, 1.54) is 12.1 Å². The first-order valence-electron chi connectivity index (χ1n) is 11.9. The molecular weight excluding hydrogens is 496 g/mol. The summed E-state index contributed by atoms with van der Waals surface area (Å²) in [5.74, 6) is -0.688. The minimum absolute atomic E-state index is 0.00161. The Morgan fingerprint density at radius 1 is 0.868 bits per heavy atom. The fraction of sp³-hybridized carbons (Fsp3) is 0.250. The highest BCUT2D eigenvalue weighted by atomic mass is 16.7. The van der Waals surface area contributed by atoms with Gasteiger partial charge in [-0.3, -0.25) is 4.79 Å². The zero-order chi connectivity index (χ0) is 26.8. The van der Waals surface area contributed by atoms with Crippen molar-refractivity contribution >= 4 is 11.0 Å². The average molecular weight is 523 g/mol. The molecule has 5 rings (SSSR count). The molecule has 3 aromatic carbocycles. The second-order valence-electron chi connectivity index (χ2n) is 8.86. The largest absolute Gasteiger partial charge is 0.504 e. The molecule has 0 amide bonds. The number of phenols is 1. The normalized spacial score (nSPS) is 23.3. The number of ether oxygens (including phenoxy) is 3. The first-order valence-corrected chi connectivity index (χ1v) is 11.9. The van der Waals surface area contributed by atoms with Crippen LogP contribution >= 0.6 is 0 Å². The Labute approximate surface area is 216 Å². The zero-order valence-corrected chi connectivity index (χ0v) is 20.0. The van der Waals surface area contributed by atoms with Crippen molar-refractivity contribution in [3.05, 3.63) is 88.6 Å². The number of aliphatic hydroxyl groups excluding tert-OH is 4. The summed E-state index contributed by atoms with van der Waals surface area (Å²) in [6.45, 7) is -0.654. The molecule has 38 heavy (non-hydrogen) atoms. The van der Waals surface area contributed by atoms with Crippen molar-refractivity contribution in [3.8, 4) is 28.6 Å². The monoisotopic (exact) mass is 522 g/mol. The number of phenolic OH excluding ortho intramolecular Hbond substituents is 1. The molecule has 0 saturated carbocycles. The van der Waals surface area contributed by atoms with E-state index in [1.807, 2.05) is 24.3 Å². The minimum atomic E-state index is -1.71. The molecule has 4 aromatic rings. The van der Waals surface area contributed by atoms with Crippen molar-refractivity contribution in [1.82, 2.24) is 0 Å². The van der Waals surface area contributed by atoms with E-state index >= 15 is 0 Å². The molecule has 0 radical (unpaired) electrons. The molecule has 1 fully saturated rings. The summed E-state index contributed by atoms with van der Waals surface area (Å²) in [5, 5.41) is 51.3. The van der Waals surface area contributed by atoms with Gasteiger partial charge in [-0.05, 0) is 5.56 Å². The Hall–Kier alpha value is -3.93. The van der Waals surface area contributed by atoms with Crippen LogP contribution < -0.4 is 14.9 Å². The molecule has 1 saturated heterocycles. The molecular formula is C28H26O10. The topological polar surface area (TPSA) is 159 Å². The van der Waals surface area contributed by atoms with Gasteiger partial charge in [0, 0.05) is 17.7 Å². The van der Waals surface area contributed by atoms with Crippen LogP contribution in [0.5, 0.6) is 17.2 Å². The zero-order valence-electron chi connectivity index (χ0n) is 20.0. The number of aliphatic hydroxyl groups is 4. The van der Waals surface area contributed by atoms with Crippen LogP contribution in [0.2, 0.25) is 0 Å². The maximum Gasteiger partial charge on any atom is 0.229 e. The number of aromatic hydroxyl groups is 1. The average Bonchev–Trinajstić information content (AvgIpc) is 2.93. The third-order valence-corrected chi connectivity index (χ3v) is 6.29. The van der Waals surface area contributed by atoms with Crippen molar-refractivity contribution in [2.45, 2.75) is 37.3 Å². The van der Waals surface area contributed by atoms with Gasteiger partial charge in [-0.2, -0.15) is 0 Å². The van der Waals surface area contributed by atoms with E-state index < -0.39 is 48.5 Å². The van der Waals surface area contributed by atoms with Gasteiger partial charge in [-0.25, -0.2) is 0 Å². The predicted octanol–water partition coefficient (Wildman–Crippen LogP) is 1.92. The summed E-state index contributed by atoms with van der Waals surface area (Å²) >= 11 is 0. The van der Waals surface area contributed by atoms with Gasteiger partial charge >= 0.3 is 0 Å². The van der Waals surface area contributed by atoms with E-state index in [9.17, 15) is 30.3 Å². The van der Waals surface area contributed by atoms with Crippen LogP contribution in [-0.2, 0) is 11.3 Å². The number of hydrogen-bond acceptors (Lipinski definition) is 10. The quantitative estimate of drug-likeness (QED) is 0.243. The van der Waals surface area contributed by atoms with E-state index in [4.69, 9.17) is 18.6 Å². The van der Waals surface area contributed by atoms with Crippen molar-refractivity contribution in [2.75, 3.05) is 6.61 Å². The maximum atomic E-state index is 13.1. The first kappa shape index (κ1) is 25.7. The molecule has 10 nitrogen and oxygen atoms in total. The summed E-state index contributed by atoms with van der Waals surface area (Å²) in [7, 11) is 0. The number of hydrogen-bond donors (Lipinski definition) is 5. The molecule has 198 valence electrons. The Kier molecular flexibility index (Phi) is 7.32. The third-order valence-electron chi connectivity index (χ3n) is 6.29. The highest BCUT2D eigenvalue weighted by Gasteiger charge is 2.45. The molecule has 2 heterocycles. The lowest BCUT2D eigenvalue weighted by Crippen LogP contribution is -2.60. The number of fused-ring (bicyclic) bond motifs is 1. The predicted molar refractivity (Wildman–Crippen MR) is 135 cm³/mol. The lowest BCUT2D eigenvalue weighted by Gasteiger charge is -2.39. The van der Waals surface area contributed by atoms with E-state index in [0.29, 0.717) is 5.56 Å². The van der Waals surface area contributed by atoms with Gasteiger partial charge in [0.25, 0.3) is 0 Å². The van der Waals surface area contributed by atoms with Crippen LogP contribution in [0.4, 0.5) is 0 Å². The van der Waals surface area contributed by atoms with Gasteiger partial charge in [-0.15, -0.1) is 0 Å². The molecule has 0 spiro atoms. The molecule has 10 heteroatoms. The van der Waals surface area contributed by atoms with E-state index in [1.54, 1.807) is 36.4 Å². The summed E-state index contributed by atoms with van der Waals surface area (Å²) in [6.07, 6.45) is -7.76. The van der Waals surface area contributed by atoms with Gasteiger partial charge < -0.3 is 44.2 Å². The summed E-state index contributed by atoms with van der Waals surface area (Å²) in [4.78, 5) is 13.1. The van der Waals surface area contributed by atoms with Crippen LogP contribution in [0.3, 0.4) is 0 Å². The Morgan fingerprint density at radius 2 is 1.55 bits per heavy atom. The highest BCUT2D eigenvalue weighted by molar-refractivity contribution is 5.89. The highest BCUT2D eigenvalue weighted by Crippen LogP contribution is 2.44. The van der Waals surface area contributed by atoms with Crippen LogP contribution in [-0.4, -0.2) is 62.8 Å². The van der Waals surface area contributed by atoms with Crippen molar-refractivity contribution in [2.24, 2.45) is 0 Å². The lowest BCUT2D eigenvalue weighted by molar-refractivity contribution is -0.277. The third kappa shape index (κ3) is 4.95. The molecule has 5 N–H and O–H groups in total.